The zero-order chi connectivity index (χ0) is 9.97. The van der Waals surface area contributed by atoms with Crippen molar-refractivity contribution in [2.24, 2.45) is 0 Å². The molecular weight excluding hydrogens is 198 g/mol. The van der Waals surface area contributed by atoms with Crippen LogP contribution in [0.25, 0.3) is 0 Å². The molecule has 1 heterocycles. The third kappa shape index (κ3) is 2.08. The zero-order valence-electron chi connectivity index (χ0n) is 8.22. The molecule has 2 rings (SSSR count). The summed E-state index contributed by atoms with van der Waals surface area (Å²) in [5, 5.41) is 4.24. The average molecular weight is 212 g/mol. The molecule has 0 fully saturated rings. The maximum Gasteiger partial charge on any atom is 0.0619 e. The van der Waals surface area contributed by atoms with Gasteiger partial charge >= 0.3 is 0 Å². The maximum atomic E-state index is 5.92. The first kappa shape index (κ1) is 9.97. The minimum Gasteiger partial charge on any atom is -0.383 e. The Hall–Kier alpha value is -0.570. The van der Waals surface area contributed by atoms with E-state index in [9.17, 15) is 0 Å². The molecule has 1 aromatic carbocycles. The summed E-state index contributed by atoms with van der Waals surface area (Å²) in [6.45, 7) is 1.66. The Morgan fingerprint density at radius 3 is 3.14 bits per heavy atom. The highest BCUT2D eigenvalue weighted by atomic mass is 35.5. The van der Waals surface area contributed by atoms with Crippen LogP contribution in [-0.2, 0) is 17.7 Å². The molecule has 76 valence electrons. The lowest BCUT2D eigenvalue weighted by Gasteiger charge is -2.25. The average Bonchev–Trinajstić information content (AvgIpc) is 2.19. The van der Waals surface area contributed by atoms with Crippen molar-refractivity contribution in [1.82, 2.24) is 5.32 Å². The van der Waals surface area contributed by atoms with Crippen molar-refractivity contribution in [3.8, 4) is 0 Å². The van der Waals surface area contributed by atoms with Gasteiger partial charge in [0.1, 0.15) is 0 Å². The van der Waals surface area contributed by atoms with Crippen LogP contribution >= 0.6 is 11.6 Å². The van der Waals surface area contributed by atoms with Gasteiger partial charge in [0.2, 0.25) is 0 Å². The summed E-state index contributed by atoms with van der Waals surface area (Å²) in [6.07, 6.45) is 1.03. The first-order valence-corrected chi connectivity index (χ1v) is 5.17. The largest absolute Gasteiger partial charge is 0.383 e. The molecule has 2 nitrogen and oxygen atoms in total. The standard InChI is InChI=1S/C11H14ClNO/c1-14-7-11-5-8-2-3-10(12)4-9(8)6-13-11/h2-4,11,13H,5-7H2,1H3. The number of hydrogen-bond donors (Lipinski definition) is 1. The number of methoxy groups -OCH3 is 1. The van der Waals surface area contributed by atoms with Crippen molar-refractivity contribution in [3.05, 3.63) is 34.3 Å². The molecule has 0 aliphatic carbocycles. The Balaban J connectivity index is 2.15. The normalized spacial score (nSPS) is 20.6. The van der Waals surface area contributed by atoms with Crippen molar-refractivity contribution in [2.45, 2.75) is 19.0 Å². The Morgan fingerprint density at radius 2 is 2.36 bits per heavy atom. The lowest BCUT2D eigenvalue weighted by molar-refractivity contribution is 0.162. The minimum atomic E-state index is 0.439. The molecule has 0 saturated heterocycles. The lowest BCUT2D eigenvalue weighted by Crippen LogP contribution is -2.38. The Bertz CT molecular complexity index is 327. The number of rotatable bonds is 2. The van der Waals surface area contributed by atoms with E-state index < -0.39 is 0 Å². The fraction of sp³-hybridized carbons (Fsp3) is 0.455. The van der Waals surface area contributed by atoms with E-state index >= 15 is 0 Å². The van der Waals surface area contributed by atoms with Crippen LogP contribution in [0, 0.1) is 0 Å². The molecule has 0 spiro atoms. The summed E-state index contributed by atoms with van der Waals surface area (Å²) in [5.41, 5.74) is 2.69. The Labute approximate surface area is 89.2 Å². The quantitative estimate of drug-likeness (QED) is 0.808. The number of benzene rings is 1. The smallest absolute Gasteiger partial charge is 0.0619 e. The minimum absolute atomic E-state index is 0.439. The summed E-state index contributed by atoms with van der Waals surface area (Å²) in [4.78, 5) is 0. The molecule has 0 bridgehead atoms. The SMILES string of the molecule is COCC1Cc2ccc(Cl)cc2CN1. The maximum absolute atomic E-state index is 5.92. The van der Waals surface area contributed by atoms with Gasteiger partial charge in [0.15, 0.2) is 0 Å². The third-order valence-electron chi connectivity index (χ3n) is 2.58. The monoisotopic (exact) mass is 211 g/mol. The topological polar surface area (TPSA) is 21.3 Å². The molecule has 0 saturated carbocycles. The summed E-state index contributed by atoms with van der Waals surface area (Å²) in [6, 6.07) is 6.54. The van der Waals surface area contributed by atoms with Gasteiger partial charge in [-0.1, -0.05) is 17.7 Å². The Kier molecular flexibility index (Phi) is 3.06. The van der Waals surface area contributed by atoms with E-state index in [-0.39, 0.29) is 0 Å². The summed E-state index contributed by atoms with van der Waals surface area (Å²) >= 11 is 5.92. The van der Waals surface area contributed by atoms with E-state index in [0.717, 1.165) is 24.6 Å². The number of fused-ring (bicyclic) bond motifs is 1. The van der Waals surface area contributed by atoms with E-state index in [4.69, 9.17) is 16.3 Å². The third-order valence-corrected chi connectivity index (χ3v) is 2.82. The Morgan fingerprint density at radius 1 is 1.50 bits per heavy atom. The molecule has 1 unspecified atom stereocenters. The number of hydrogen-bond acceptors (Lipinski definition) is 2. The van der Waals surface area contributed by atoms with Gasteiger partial charge in [0.25, 0.3) is 0 Å². The molecule has 1 aromatic rings. The second kappa shape index (κ2) is 4.30. The zero-order valence-corrected chi connectivity index (χ0v) is 8.97. The number of halogens is 1. The van der Waals surface area contributed by atoms with Crippen LogP contribution in [0.2, 0.25) is 5.02 Å². The van der Waals surface area contributed by atoms with Crippen LogP contribution < -0.4 is 5.32 Å². The highest BCUT2D eigenvalue weighted by Crippen LogP contribution is 2.20. The molecule has 3 heteroatoms. The second-order valence-electron chi connectivity index (χ2n) is 3.65. The molecule has 1 aliphatic rings. The summed E-state index contributed by atoms with van der Waals surface area (Å²) in [5.74, 6) is 0. The van der Waals surface area contributed by atoms with E-state index in [1.54, 1.807) is 7.11 Å². The van der Waals surface area contributed by atoms with E-state index in [1.807, 2.05) is 12.1 Å². The van der Waals surface area contributed by atoms with Crippen LogP contribution in [0.4, 0.5) is 0 Å². The van der Waals surface area contributed by atoms with Gasteiger partial charge in [-0.05, 0) is 29.7 Å². The highest BCUT2D eigenvalue weighted by molar-refractivity contribution is 6.30. The molecule has 0 amide bonds. The number of nitrogens with one attached hydrogen (secondary N) is 1. The van der Waals surface area contributed by atoms with Crippen LogP contribution in [-0.4, -0.2) is 19.8 Å². The first-order chi connectivity index (χ1) is 6.79. The summed E-state index contributed by atoms with van der Waals surface area (Å²) < 4.78 is 5.13. The predicted molar refractivity (Wildman–Crippen MR) is 57.7 cm³/mol. The van der Waals surface area contributed by atoms with Crippen molar-refractivity contribution < 1.29 is 4.74 Å². The van der Waals surface area contributed by atoms with Crippen molar-refractivity contribution in [3.63, 3.8) is 0 Å². The molecule has 0 aromatic heterocycles. The molecule has 14 heavy (non-hydrogen) atoms. The summed E-state index contributed by atoms with van der Waals surface area (Å²) in [7, 11) is 1.74. The van der Waals surface area contributed by atoms with E-state index in [1.165, 1.54) is 11.1 Å². The van der Waals surface area contributed by atoms with Gasteiger partial charge in [0.05, 0.1) is 6.61 Å². The molecule has 1 atom stereocenters. The fourth-order valence-corrected chi connectivity index (χ4v) is 2.06. The van der Waals surface area contributed by atoms with Crippen LogP contribution in [0.15, 0.2) is 18.2 Å². The molecule has 0 radical (unpaired) electrons. The molecule has 1 aliphatic heterocycles. The molecule has 1 N–H and O–H groups in total. The van der Waals surface area contributed by atoms with Crippen molar-refractivity contribution in [1.29, 1.82) is 0 Å². The highest BCUT2D eigenvalue weighted by Gasteiger charge is 2.17. The van der Waals surface area contributed by atoms with Gasteiger partial charge in [-0.25, -0.2) is 0 Å². The van der Waals surface area contributed by atoms with Crippen molar-refractivity contribution in [2.75, 3.05) is 13.7 Å². The van der Waals surface area contributed by atoms with Crippen LogP contribution in [0.5, 0.6) is 0 Å². The lowest BCUT2D eigenvalue weighted by atomic mass is 9.96. The molecular formula is C11H14ClNO. The van der Waals surface area contributed by atoms with Gasteiger partial charge in [-0.2, -0.15) is 0 Å². The van der Waals surface area contributed by atoms with Gasteiger partial charge in [-0.15, -0.1) is 0 Å². The van der Waals surface area contributed by atoms with Crippen LogP contribution in [0.1, 0.15) is 11.1 Å². The number of ether oxygens (including phenoxy) is 1. The second-order valence-corrected chi connectivity index (χ2v) is 4.09. The van der Waals surface area contributed by atoms with Crippen LogP contribution in [0.3, 0.4) is 0 Å². The van der Waals surface area contributed by atoms with Gasteiger partial charge < -0.3 is 10.1 Å². The first-order valence-electron chi connectivity index (χ1n) is 4.79. The van der Waals surface area contributed by atoms with E-state index in [2.05, 4.69) is 11.4 Å². The van der Waals surface area contributed by atoms with Crippen molar-refractivity contribution >= 4 is 11.6 Å². The predicted octanol–water partition coefficient (Wildman–Crippen LogP) is 2.00. The van der Waals surface area contributed by atoms with Gasteiger partial charge in [0, 0.05) is 24.7 Å². The fourth-order valence-electron chi connectivity index (χ4n) is 1.87. The van der Waals surface area contributed by atoms with Gasteiger partial charge in [-0.3, -0.25) is 0 Å². The van der Waals surface area contributed by atoms with E-state index in [0.29, 0.717) is 6.04 Å².